The molecule has 2 atom stereocenters. The van der Waals surface area contributed by atoms with Gasteiger partial charge in [0.1, 0.15) is 11.6 Å². The Labute approximate surface area is 225 Å². The number of halogens is 1. The lowest BCUT2D eigenvalue weighted by molar-refractivity contribution is -0.00456. The van der Waals surface area contributed by atoms with Gasteiger partial charge in [-0.1, -0.05) is 36.4 Å². The van der Waals surface area contributed by atoms with Crippen LogP contribution in [0, 0.1) is 5.82 Å². The van der Waals surface area contributed by atoms with E-state index < -0.39 is 12.0 Å². The van der Waals surface area contributed by atoms with E-state index in [9.17, 15) is 14.0 Å². The van der Waals surface area contributed by atoms with Crippen molar-refractivity contribution in [3.63, 3.8) is 0 Å². The Morgan fingerprint density at radius 1 is 0.923 bits per heavy atom. The maximum Gasteiger partial charge on any atom is 0.251 e. The van der Waals surface area contributed by atoms with Gasteiger partial charge in [-0.25, -0.2) is 9.40 Å². The number of amides is 1. The average Bonchev–Trinajstić information content (AvgIpc) is 3.43. The highest BCUT2D eigenvalue weighted by Crippen LogP contribution is 2.43. The number of nitrogens with zero attached hydrogens (tertiary/aromatic N) is 3. The number of para-hydroxylation sites is 1. The number of ketones is 1. The Kier molecular flexibility index (Phi) is 6.59. The van der Waals surface area contributed by atoms with Crippen LogP contribution in [-0.2, 0) is 6.42 Å². The maximum absolute atomic E-state index is 13.5. The number of hydrazone groups is 1. The topological polar surface area (TPSA) is 83.9 Å². The third kappa shape index (κ3) is 5.01. The van der Waals surface area contributed by atoms with Crippen molar-refractivity contribution in [3.8, 4) is 5.75 Å². The molecule has 6 rings (SSSR count). The highest BCUT2D eigenvalue weighted by molar-refractivity contribution is 6.04. The van der Waals surface area contributed by atoms with E-state index in [1.165, 1.54) is 24.3 Å². The van der Waals surface area contributed by atoms with Crippen LogP contribution in [0.1, 0.15) is 50.0 Å². The normalized spacial score (nSPS) is 17.5. The molecule has 2 unspecified atom stereocenters. The molecule has 1 N–H and O–H groups in total. The molecule has 2 aliphatic rings. The quantitative estimate of drug-likeness (QED) is 0.349. The van der Waals surface area contributed by atoms with Crippen molar-refractivity contribution >= 4 is 17.4 Å². The summed E-state index contributed by atoms with van der Waals surface area (Å²) in [6.45, 7) is 0.490. The molecule has 3 heterocycles. The second-order valence-corrected chi connectivity index (χ2v) is 9.43. The minimum atomic E-state index is -0.975. The van der Waals surface area contributed by atoms with Crippen LogP contribution in [0.25, 0.3) is 0 Å². The molecular weight excluding hydrogens is 495 g/mol. The van der Waals surface area contributed by atoms with Crippen LogP contribution in [-0.4, -0.2) is 40.2 Å². The predicted octanol–water partition coefficient (Wildman–Crippen LogP) is 4.95. The molecule has 0 saturated carbocycles. The molecule has 1 aromatic heterocycles. The summed E-state index contributed by atoms with van der Waals surface area (Å²) in [4.78, 5) is 30.3. The van der Waals surface area contributed by atoms with Crippen LogP contribution in [0.3, 0.4) is 0 Å². The summed E-state index contributed by atoms with van der Waals surface area (Å²) in [5.74, 6) is -0.229. The molecule has 0 fully saturated rings. The number of hydrogen-bond donors (Lipinski definition) is 1. The van der Waals surface area contributed by atoms with Gasteiger partial charge >= 0.3 is 0 Å². The van der Waals surface area contributed by atoms with Gasteiger partial charge in [0.2, 0.25) is 5.78 Å². The summed E-state index contributed by atoms with van der Waals surface area (Å²) in [5, 5.41) is 9.43. The SMILES string of the molecule is O=C(NCCc1ccccn1)c1ccc(C2=NN3C(C(=O)c4ccc(F)cc4)Oc4ccccc4C3C2)cc1. The van der Waals surface area contributed by atoms with Crippen LogP contribution < -0.4 is 10.1 Å². The highest BCUT2D eigenvalue weighted by Gasteiger charge is 2.43. The molecule has 0 aliphatic carbocycles. The molecule has 0 radical (unpaired) electrons. The van der Waals surface area contributed by atoms with Crippen LogP contribution in [0.5, 0.6) is 5.75 Å². The molecule has 0 spiro atoms. The van der Waals surface area contributed by atoms with E-state index in [0.717, 1.165) is 22.5 Å². The first-order valence-electron chi connectivity index (χ1n) is 12.8. The van der Waals surface area contributed by atoms with Gasteiger partial charge in [0.15, 0.2) is 0 Å². The standard InChI is InChI=1S/C31H25FN4O3/c32-23-14-12-21(13-15-23)29(37)31-36-27(25-6-1-2-7-28(25)39-31)19-26(35-36)20-8-10-22(11-9-20)30(38)34-18-16-24-5-3-4-17-33-24/h1-15,17,27,31H,16,18-19H2,(H,34,38). The Bertz CT molecular complexity index is 1540. The van der Waals surface area contributed by atoms with E-state index in [1.54, 1.807) is 23.3 Å². The summed E-state index contributed by atoms with van der Waals surface area (Å²) in [7, 11) is 0. The summed E-state index contributed by atoms with van der Waals surface area (Å²) < 4.78 is 19.6. The number of carbonyl (C=O) groups is 2. The van der Waals surface area contributed by atoms with Crippen LogP contribution >= 0.6 is 0 Å². The first kappa shape index (κ1) is 24.5. The molecule has 2 aliphatic heterocycles. The molecule has 4 aromatic rings. The van der Waals surface area contributed by atoms with Gasteiger partial charge in [0, 0.05) is 48.0 Å². The number of benzene rings is 3. The van der Waals surface area contributed by atoms with Crippen molar-refractivity contribution in [2.75, 3.05) is 6.54 Å². The molecule has 39 heavy (non-hydrogen) atoms. The van der Waals surface area contributed by atoms with Gasteiger partial charge in [-0.05, 0) is 60.2 Å². The van der Waals surface area contributed by atoms with Crippen LogP contribution in [0.4, 0.5) is 4.39 Å². The molecule has 0 bridgehead atoms. The Morgan fingerprint density at radius 3 is 2.44 bits per heavy atom. The average molecular weight is 521 g/mol. The van der Waals surface area contributed by atoms with Crippen molar-refractivity contribution in [1.29, 1.82) is 0 Å². The van der Waals surface area contributed by atoms with E-state index >= 15 is 0 Å². The zero-order valence-electron chi connectivity index (χ0n) is 21.0. The van der Waals surface area contributed by atoms with Gasteiger partial charge in [-0.3, -0.25) is 14.6 Å². The summed E-state index contributed by atoms with van der Waals surface area (Å²) in [5.41, 5.74) is 4.42. The van der Waals surface area contributed by atoms with Crippen molar-refractivity contribution in [3.05, 3.63) is 131 Å². The second kappa shape index (κ2) is 10.5. The fourth-order valence-electron chi connectivity index (χ4n) is 4.90. The lowest BCUT2D eigenvalue weighted by atomic mass is 9.95. The third-order valence-corrected chi connectivity index (χ3v) is 6.93. The largest absolute Gasteiger partial charge is 0.461 e. The summed E-state index contributed by atoms with van der Waals surface area (Å²) in [6, 6.07) is 25.9. The number of fused-ring (bicyclic) bond motifs is 3. The molecule has 3 aromatic carbocycles. The Morgan fingerprint density at radius 2 is 1.67 bits per heavy atom. The van der Waals surface area contributed by atoms with Crippen molar-refractivity contribution in [1.82, 2.24) is 15.3 Å². The van der Waals surface area contributed by atoms with Gasteiger partial charge in [0.05, 0.1) is 11.8 Å². The number of Topliss-reactive ketones (excluding diaryl/α,β-unsaturated/α-hetero) is 1. The number of hydrogen-bond acceptors (Lipinski definition) is 6. The zero-order valence-corrected chi connectivity index (χ0v) is 21.0. The van der Waals surface area contributed by atoms with Crippen LogP contribution in [0.15, 0.2) is 102 Å². The molecule has 8 heteroatoms. The minimum Gasteiger partial charge on any atom is -0.461 e. The summed E-state index contributed by atoms with van der Waals surface area (Å²) >= 11 is 0. The van der Waals surface area contributed by atoms with Crippen molar-refractivity contribution < 1.29 is 18.7 Å². The lowest BCUT2D eigenvalue weighted by Gasteiger charge is -2.37. The van der Waals surface area contributed by atoms with Crippen molar-refractivity contribution in [2.45, 2.75) is 25.1 Å². The van der Waals surface area contributed by atoms with Gasteiger partial charge in [0.25, 0.3) is 12.1 Å². The van der Waals surface area contributed by atoms with E-state index in [1.807, 2.05) is 54.6 Å². The van der Waals surface area contributed by atoms with Crippen molar-refractivity contribution in [2.24, 2.45) is 5.10 Å². The van der Waals surface area contributed by atoms with Gasteiger partial charge < -0.3 is 10.1 Å². The number of aromatic nitrogens is 1. The smallest absolute Gasteiger partial charge is 0.251 e. The highest BCUT2D eigenvalue weighted by atomic mass is 19.1. The van der Waals surface area contributed by atoms with Gasteiger partial charge in [-0.2, -0.15) is 5.10 Å². The minimum absolute atomic E-state index is 0.157. The fraction of sp³-hybridized carbons (Fsp3) is 0.161. The Balaban J connectivity index is 1.20. The second-order valence-electron chi connectivity index (χ2n) is 9.43. The Hall–Kier alpha value is -4.85. The van der Waals surface area contributed by atoms with E-state index in [2.05, 4.69) is 10.3 Å². The zero-order chi connectivity index (χ0) is 26.8. The molecule has 1 amide bonds. The third-order valence-electron chi connectivity index (χ3n) is 6.93. The summed E-state index contributed by atoms with van der Waals surface area (Å²) in [6.07, 6.45) is 1.99. The first-order valence-corrected chi connectivity index (χ1v) is 12.8. The molecule has 7 nitrogen and oxygen atoms in total. The number of rotatable bonds is 7. The lowest BCUT2D eigenvalue weighted by Crippen LogP contribution is -2.45. The number of nitrogens with one attached hydrogen (secondary N) is 1. The molecule has 0 saturated heterocycles. The van der Waals surface area contributed by atoms with E-state index in [4.69, 9.17) is 9.84 Å². The van der Waals surface area contributed by atoms with Gasteiger partial charge in [-0.15, -0.1) is 0 Å². The number of ether oxygens (including phenoxy) is 1. The van der Waals surface area contributed by atoms with Crippen LogP contribution in [0.2, 0.25) is 0 Å². The van der Waals surface area contributed by atoms with E-state index in [0.29, 0.717) is 36.3 Å². The molecular formula is C31H25FN4O3. The van der Waals surface area contributed by atoms with E-state index in [-0.39, 0.29) is 17.7 Å². The predicted molar refractivity (Wildman–Crippen MR) is 144 cm³/mol. The monoisotopic (exact) mass is 520 g/mol. The number of pyridine rings is 1. The first-order chi connectivity index (χ1) is 19.1. The maximum atomic E-state index is 13.5. The fourth-order valence-corrected chi connectivity index (χ4v) is 4.90. The molecule has 194 valence electrons. The number of carbonyl (C=O) groups excluding carboxylic acids is 2.